The number of para-hydroxylation sites is 2. The van der Waals surface area contributed by atoms with Crippen molar-refractivity contribution in [3.05, 3.63) is 154 Å². The second-order valence-corrected chi connectivity index (χ2v) is 15.3. The number of hydrogen-bond acceptors (Lipinski definition) is 10. The standard InChI is InChI=1S/C46H34F6N2O10/c47-45(48,49)29-7-3-5-27-39(29)53(41(63)43(27,23-9-13-31(55)35(59)19-23)24-10-14-32(56)36(60)20-24)17-1-2-18-54-40-28(6-4-8-30(40)46(50,51)52)44(42(54)64,25-11-15-33(57)37(61)21-25)26-12-16-34(58)38(62)22-26/h3-16,19-22,55-62H,1-2,17-18H2. The molecule has 0 saturated heterocycles. The average Bonchev–Trinajstić information content (AvgIpc) is 3.64. The van der Waals surface area contributed by atoms with E-state index >= 15 is 9.59 Å². The second kappa shape index (κ2) is 15.0. The van der Waals surface area contributed by atoms with Gasteiger partial charge in [0.15, 0.2) is 46.0 Å². The van der Waals surface area contributed by atoms with E-state index in [-0.39, 0.29) is 46.2 Å². The minimum Gasteiger partial charge on any atom is -0.504 e. The Labute approximate surface area is 358 Å². The van der Waals surface area contributed by atoms with Crippen molar-refractivity contribution in [1.82, 2.24) is 0 Å². The van der Waals surface area contributed by atoms with E-state index in [1.165, 1.54) is 36.4 Å². The van der Waals surface area contributed by atoms with E-state index in [2.05, 4.69) is 0 Å². The number of carbonyl (C=O) groups excluding carboxylic acids is 2. The lowest BCUT2D eigenvalue weighted by atomic mass is 9.69. The van der Waals surface area contributed by atoms with Crippen LogP contribution in [0, 0.1) is 0 Å². The average molecular weight is 889 g/mol. The summed E-state index contributed by atoms with van der Waals surface area (Å²) in [7, 11) is 0. The molecular formula is C46H34F6N2O10. The van der Waals surface area contributed by atoms with Gasteiger partial charge in [-0.05, 0) is 95.8 Å². The van der Waals surface area contributed by atoms with E-state index in [1.807, 2.05) is 0 Å². The fraction of sp³-hybridized carbons (Fsp3) is 0.174. The highest BCUT2D eigenvalue weighted by Gasteiger charge is 2.58. The summed E-state index contributed by atoms with van der Waals surface area (Å²) in [6.07, 6.45) is -10.6. The van der Waals surface area contributed by atoms with Gasteiger partial charge in [-0.3, -0.25) is 9.59 Å². The number of carbonyl (C=O) groups is 2. The topological polar surface area (TPSA) is 202 Å². The summed E-state index contributed by atoms with van der Waals surface area (Å²) in [5.41, 5.74) is -9.39. The third kappa shape index (κ3) is 6.38. The van der Waals surface area contributed by atoms with Crippen LogP contribution in [-0.2, 0) is 32.8 Å². The Morgan fingerprint density at radius 1 is 0.406 bits per heavy atom. The first-order valence-electron chi connectivity index (χ1n) is 19.3. The fourth-order valence-electron chi connectivity index (χ4n) is 9.01. The number of benzene rings is 6. The van der Waals surface area contributed by atoms with Gasteiger partial charge in [0.25, 0.3) is 0 Å². The van der Waals surface area contributed by atoms with E-state index in [4.69, 9.17) is 0 Å². The maximum Gasteiger partial charge on any atom is 0.418 e. The van der Waals surface area contributed by atoms with Gasteiger partial charge in [0.05, 0.1) is 22.5 Å². The van der Waals surface area contributed by atoms with Crippen LogP contribution in [-0.4, -0.2) is 65.8 Å². The second-order valence-electron chi connectivity index (χ2n) is 15.3. The molecule has 2 aliphatic heterocycles. The van der Waals surface area contributed by atoms with Crippen LogP contribution >= 0.6 is 0 Å². The van der Waals surface area contributed by atoms with Gasteiger partial charge in [0.2, 0.25) is 11.8 Å². The van der Waals surface area contributed by atoms with Crippen LogP contribution in [0.3, 0.4) is 0 Å². The van der Waals surface area contributed by atoms with Crippen LogP contribution < -0.4 is 9.80 Å². The Morgan fingerprint density at radius 3 is 0.938 bits per heavy atom. The molecule has 8 N–H and O–H groups in total. The SMILES string of the molecule is O=C1N(CCCCN2C(=O)C(c3ccc(O)c(O)c3)(c3ccc(O)c(O)c3)c3cccc(C(F)(F)F)c32)c2c(C(F)(F)F)cccc2C1(c1ccc(O)c(O)c1)c1ccc(O)c(O)c1. The number of halogens is 6. The van der Waals surface area contributed by atoms with Crippen LogP contribution in [0.4, 0.5) is 37.7 Å². The summed E-state index contributed by atoms with van der Waals surface area (Å²) in [5, 5.41) is 83.0. The van der Waals surface area contributed by atoms with E-state index in [0.717, 1.165) is 82.6 Å². The van der Waals surface area contributed by atoms with Gasteiger partial charge in [-0.2, -0.15) is 26.3 Å². The molecule has 0 unspecified atom stereocenters. The predicted octanol–water partition coefficient (Wildman–Crippen LogP) is 8.21. The minimum absolute atomic E-state index is 0.142. The zero-order chi connectivity index (χ0) is 46.3. The van der Waals surface area contributed by atoms with Crippen LogP contribution in [0.25, 0.3) is 0 Å². The lowest BCUT2D eigenvalue weighted by molar-refractivity contribution is -0.138. The molecule has 0 bridgehead atoms. The molecule has 0 fully saturated rings. The highest BCUT2D eigenvalue weighted by Crippen LogP contribution is 2.57. The zero-order valence-electron chi connectivity index (χ0n) is 32.8. The Kier molecular flexibility index (Phi) is 10.0. The van der Waals surface area contributed by atoms with Crippen LogP contribution in [0.15, 0.2) is 109 Å². The summed E-state index contributed by atoms with van der Waals surface area (Å²) in [4.78, 5) is 31.8. The van der Waals surface area contributed by atoms with E-state index < -0.39 is 117 Å². The Morgan fingerprint density at radius 2 is 0.688 bits per heavy atom. The largest absolute Gasteiger partial charge is 0.504 e. The third-order valence-electron chi connectivity index (χ3n) is 11.8. The first-order chi connectivity index (χ1) is 30.1. The number of alkyl halides is 6. The number of rotatable bonds is 9. The quantitative estimate of drug-likeness (QED) is 0.0397. The molecule has 6 aromatic carbocycles. The lowest BCUT2D eigenvalue weighted by Gasteiger charge is -2.31. The lowest BCUT2D eigenvalue weighted by Crippen LogP contribution is -2.43. The molecule has 2 heterocycles. The van der Waals surface area contributed by atoms with Crippen molar-refractivity contribution < 1.29 is 76.8 Å². The van der Waals surface area contributed by atoms with Crippen molar-refractivity contribution >= 4 is 23.2 Å². The molecule has 18 heteroatoms. The molecule has 6 aromatic rings. The van der Waals surface area contributed by atoms with E-state index in [0.29, 0.717) is 0 Å². The molecule has 0 aromatic heterocycles. The molecule has 0 spiro atoms. The third-order valence-corrected chi connectivity index (χ3v) is 11.8. The number of nitrogens with zero attached hydrogens (tertiary/aromatic N) is 2. The molecule has 12 nitrogen and oxygen atoms in total. The molecular weight excluding hydrogens is 854 g/mol. The molecule has 0 aliphatic carbocycles. The van der Waals surface area contributed by atoms with Gasteiger partial charge in [-0.25, -0.2) is 0 Å². The maximum absolute atomic E-state index is 15.1. The van der Waals surface area contributed by atoms with Crippen molar-refractivity contribution in [1.29, 1.82) is 0 Å². The van der Waals surface area contributed by atoms with Crippen molar-refractivity contribution in [3.8, 4) is 46.0 Å². The van der Waals surface area contributed by atoms with Crippen molar-refractivity contribution in [2.45, 2.75) is 36.0 Å². The molecule has 64 heavy (non-hydrogen) atoms. The molecule has 330 valence electrons. The summed E-state index contributed by atoms with van der Waals surface area (Å²) >= 11 is 0. The Balaban J connectivity index is 1.23. The first-order valence-corrected chi connectivity index (χ1v) is 19.3. The number of aromatic hydroxyl groups is 8. The normalized spacial score (nSPS) is 15.4. The van der Waals surface area contributed by atoms with Gasteiger partial charge in [-0.15, -0.1) is 0 Å². The van der Waals surface area contributed by atoms with Crippen LogP contribution in [0.1, 0.15) is 57.3 Å². The van der Waals surface area contributed by atoms with E-state index in [1.54, 1.807) is 0 Å². The molecule has 0 saturated carbocycles. The van der Waals surface area contributed by atoms with Crippen molar-refractivity contribution in [3.63, 3.8) is 0 Å². The number of anilines is 2. The van der Waals surface area contributed by atoms with Gasteiger partial charge in [-0.1, -0.05) is 48.5 Å². The fourth-order valence-corrected chi connectivity index (χ4v) is 9.01. The molecule has 8 rings (SSSR count). The number of fused-ring (bicyclic) bond motifs is 2. The number of amides is 2. The Hall–Kier alpha value is -7.76. The van der Waals surface area contributed by atoms with Gasteiger partial charge in [0, 0.05) is 24.2 Å². The maximum atomic E-state index is 15.1. The smallest absolute Gasteiger partial charge is 0.418 e. The zero-order valence-corrected chi connectivity index (χ0v) is 32.8. The van der Waals surface area contributed by atoms with Crippen LogP contribution in [0.5, 0.6) is 46.0 Å². The number of hydrogen-bond donors (Lipinski definition) is 8. The highest BCUT2D eigenvalue weighted by molar-refractivity contribution is 6.15. The summed E-state index contributed by atoms with van der Waals surface area (Å²) in [6, 6.07) is 18.7. The summed E-state index contributed by atoms with van der Waals surface area (Å²) < 4.78 is 89.5. The predicted molar refractivity (Wildman–Crippen MR) is 216 cm³/mol. The molecule has 2 amide bonds. The van der Waals surface area contributed by atoms with Gasteiger partial charge >= 0.3 is 12.4 Å². The minimum atomic E-state index is -5.07. The summed E-state index contributed by atoms with van der Waals surface area (Å²) in [6.45, 7) is -1.07. The van der Waals surface area contributed by atoms with Gasteiger partial charge < -0.3 is 50.7 Å². The Bertz CT molecular complexity index is 2600. The molecule has 0 atom stereocenters. The van der Waals surface area contributed by atoms with Crippen molar-refractivity contribution in [2.75, 3.05) is 22.9 Å². The van der Waals surface area contributed by atoms with E-state index in [9.17, 15) is 67.2 Å². The van der Waals surface area contributed by atoms with Gasteiger partial charge in [0.1, 0.15) is 10.8 Å². The summed E-state index contributed by atoms with van der Waals surface area (Å²) in [5.74, 6) is -7.53. The monoisotopic (exact) mass is 888 g/mol. The first kappa shape index (κ1) is 42.9. The number of unbranched alkanes of at least 4 members (excludes halogenated alkanes) is 1. The highest BCUT2D eigenvalue weighted by atomic mass is 19.4. The molecule has 0 radical (unpaired) electrons. The number of phenolic OH excluding ortho intramolecular Hbond substituents is 8. The number of phenols is 8. The van der Waals surface area contributed by atoms with Crippen molar-refractivity contribution in [2.24, 2.45) is 0 Å². The molecule has 2 aliphatic rings. The van der Waals surface area contributed by atoms with Crippen LogP contribution in [0.2, 0.25) is 0 Å².